The Labute approximate surface area is 159 Å². The third kappa shape index (κ3) is 4.80. The number of halogens is 3. The Morgan fingerprint density at radius 3 is 2.52 bits per heavy atom. The lowest BCUT2D eigenvalue weighted by molar-refractivity contribution is -0.138. The van der Waals surface area contributed by atoms with Crippen LogP contribution in [0.25, 0.3) is 10.8 Å². The summed E-state index contributed by atoms with van der Waals surface area (Å²) in [5, 5.41) is 2.59. The zero-order chi connectivity index (χ0) is 19.4. The van der Waals surface area contributed by atoms with Crippen LogP contribution >= 0.6 is 11.8 Å². The van der Waals surface area contributed by atoms with Gasteiger partial charge in [-0.3, -0.25) is 4.79 Å². The number of carbonyl (C=O) groups excluding carboxylic acids is 1. The number of alkyl halides is 3. The molecule has 2 aromatic carbocycles. The van der Waals surface area contributed by atoms with Crippen LogP contribution in [0.3, 0.4) is 0 Å². The molecule has 3 aromatic rings. The largest absolute Gasteiger partial charge is 0.417 e. The first-order valence-corrected chi connectivity index (χ1v) is 9.20. The summed E-state index contributed by atoms with van der Waals surface area (Å²) in [5.41, 5.74) is 0.243. The number of benzene rings is 2. The lowest BCUT2D eigenvalue weighted by Gasteiger charge is -2.18. The van der Waals surface area contributed by atoms with Crippen LogP contribution in [0.1, 0.15) is 11.1 Å². The summed E-state index contributed by atoms with van der Waals surface area (Å²) in [6, 6.07) is 16.2. The smallest absolute Gasteiger partial charge is 0.341 e. The summed E-state index contributed by atoms with van der Waals surface area (Å²) in [6.45, 7) is 0.460. The molecule has 0 aliphatic carbocycles. The zero-order valence-corrected chi connectivity index (χ0v) is 15.3. The second-order valence-electron chi connectivity index (χ2n) is 6.06. The molecule has 3 rings (SSSR count). The van der Waals surface area contributed by atoms with Crippen LogP contribution in [-0.4, -0.2) is 28.6 Å². The molecule has 0 fully saturated rings. The van der Waals surface area contributed by atoms with Crippen LogP contribution in [0.2, 0.25) is 0 Å². The molecule has 0 saturated carbocycles. The van der Waals surface area contributed by atoms with Gasteiger partial charge < -0.3 is 4.90 Å². The Kier molecular flexibility index (Phi) is 5.70. The molecular weight excluding hydrogens is 373 g/mol. The Hall–Kier alpha value is -2.54. The molecule has 1 heterocycles. The highest BCUT2D eigenvalue weighted by Crippen LogP contribution is 2.29. The fourth-order valence-electron chi connectivity index (χ4n) is 2.65. The average Bonchev–Trinajstić information content (AvgIpc) is 2.66. The number of fused-ring (bicyclic) bond motifs is 1. The quantitative estimate of drug-likeness (QED) is 0.575. The van der Waals surface area contributed by atoms with E-state index in [1.54, 1.807) is 11.9 Å². The Balaban J connectivity index is 1.61. The molecule has 0 saturated heterocycles. The maximum atomic E-state index is 12.5. The highest BCUT2D eigenvalue weighted by molar-refractivity contribution is 7.99. The monoisotopic (exact) mass is 390 g/mol. The van der Waals surface area contributed by atoms with Crippen molar-refractivity contribution in [2.45, 2.75) is 17.7 Å². The molecule has 0 bridgehead atoms. The first-order chi connectivity index (χ1) is 12.8. The van der Waals surface area contributed by atoms with E-state index in [0.717, 1.165) is 40.4 Å². The summed E-state index contributed by atoms with van der Waals surface area (Å²) in [6.07, 6.45) is -3.63. The normalized spacial score (nSPS) is 11.6. The van der Waals surface area contributed by atoms with Crippen LogP contribution in [0.15, 0.2) is 65.8 Å². The molecule has 1 aromatic heterocycles. The molecule has 1 amide bonds. The number of hydrogen-bond donors (Lipinski definition) is 0. The first kappa shape index (κ1) is 19.2. The van der Waals surface area contributed by atoms with Crippen LogP contribution in [0.4, 0.5) is 13.2 Å². The second-order valence-corrected chi connectivity index (χ2v) is 7.06. The van der Waals surface area contributed by atoms with Crippen LogP contribution < -0.4 is 0 Å². The summed E-state index contributed by atoms with van der Waals surface area (Å²) < 4.78 is 37.6. The van der Waals surface area contributed by atoms with Crippen molar-refractivity contribution in [1.29, 1.82) is 0 Å². The van der Waals surface area contributed by atoms with Gasteiger partial charge in [0.15, 0.2) is 0 Å². The van der Waals surface area contributed by atoms with E-state index in [4.69, 9.17) is 0 Å². The fourth-order valence-corrected chi connectivity index (χ4v) is 3.44. The van der Waals surface area contributed by atoms with Gasteiger partial charge in [-0.15, -0.1) is 0 Å². The highest BCUT2D eigenvalue weighted by atomic mass is 32.2. The molecule has 0 N–H and O–H groups in total. The lowest BCUT2D eigenvalue weighted by Crippen LogP contribution is -2.27. The molecule has 0 atom stereocenters. The van der Waals surface area contributed by atoms with Crippen LogP contribution in [-0.2, 0) is 17.5 Å². The minimum absolute atomic E-state index is 0.111. The predicted molar refractivity (Wildman–Crippen MR) is 100 cm³/mol. The van der Waals surface area contributed by atoms with Gasteiger partial charge in [-0.1, -0.05) is 54.2 Å². The highest BCUT2D eigenvalue weighted by Gasteiger charge is 2.30. The van der Waals surface area contributed by atoms with E-state index in [1.807, 2.05) is 42.5 Å². The number of hydrogen-bond acceptors (Lipinski definition) is 3. The maximum Gasteiger partial charge on any atom is 0.417 e. The molecular formula is C20H17F3N2OS. The first-order valence-electron chi connectivity index (χ1n) is 8.21. The molecule has 140 valence electrons. The summed E-state index contributed by atoms with van der Waals surface area (Å²) in [4.78, 5) is 17.8. The topological polar surface area (TPSA) is 33.2 Å². The van der Waals surface area contributed by atoms with Gasteiger partial charge in [-0.2, -0.15) is 13.2 Å². The summed E-state index contributed by atoms with van der Waals surface area (Å²) >= 11 is 1.12. The van der Waals surface area contributed by atoms with Crippen molar-refractivity contribution in [3.8, 4) is 0 Å². The van der Waals surface area contributed by atoms with Gasteiger partial charge in [0.05, 0.1) is 16.3 Å². The van der Waals surface area contributed by atoms with E-state index >= 15 is 0 Å². The molecule has 27 heavy (non-hydrogen) atoms. The number of carbonyl (C=O) groups is 1. The Morgan fingerprint density at radius 2 is 1.81 bits per heavy atom. The SMILES string of the molecule is CN(Cc1cccc2ccccc12)C(=O)CSc1ccc(C(F)(F)F)cn1. The molecule has 0 aliphatic rings. The third-order valence-electron chi connectivity index (χ3n) is 4.12. The number of aromatic nitrogens is 1. The van der Waals surface area contributed by atoms with Gasteiger partial charge in [0, 0.05) is 19.8 Å². The predicted octanol–water partition coefficient (Wildman–Crippen LogP) is 5.00. The van der Waals surface area contributed by atoms with Gasteiger partial charge in [0.2, 0.25) is 5.91 Å². The van der Waals surface area contributed by atoms with Gasteiger partial charge in [0.25, 0.3) is 0 Å². The molecule has 0 unspecified atom stereocenters. The maximum absolute atomic E-state index is 12.5. The van der Waals surface area contributed by atoms with Crippen molar-refractivity contribution in [1.82, 2.24) is 9.88 Å². The molecule has 0 radical (unpaired) electrons. The molecule has 0 aliphatic heterocycles. The minimum atomic E-state index is -4.41. The molecule has 7 heteroatoms. The van der Waals surface area contributed by atoms with Gasteiger partial charge in [-0.05, 0) is 28.5 Å². The van der Waals surface area contributed by atoms with Crippen molar-refractivity contribution in [3.63, 3.8) is 0 Å². The van der Waals surface area contributed by atoms with Crippen LogP contribution in [0.5, 0.6) is 0 Å². The standard InChI is InChI=1S/C20H17F3N2OS/c1-25(12-15-7-4-6-14-5-2-3-8-17(14)15)19(26)13-27-18-10-9-16(11-24-18)20(21,22)23/h2-11H,12-13H2,1H3. The Morgan fingerprint density at radius 1 is 1.07 bits per heavy atom. The third-order valence-corrected chi connectivity index (χ3v) is 5.05. The van der Waals surface area contributed by atoms with Gasteiger partial charge in [-0.25, -0.2) is 4.98 Å². The van der Waals surface area contributed by atoms with E-state index in [-0.39, 0.29) is 11.7 Å². The van der Waals surface area contributed by atoms with Crippen molar-refractivity contribution in [2.24, 2.45) is 0 Å². The lowest BCUT2D eigenvalue weighted by atomic mass is 10.0. The van der Waals surface area contributed by atoms with Gasteiger partial charge >= 0.3 is 6.18 Å². The minimum Gasteiger partial charge on any atom is -0.341 e. The van der Waals surface area contributed by atoms with Crippen molar-refractivity contribution in [3.05, 3.63) is 71.9 Å². The van der Waals surface area contributed by atoms with E-state index in [0.29, 0.717) is 11.6 Å². The van der Waals surface area contributed by atoms with Gasteiger partial charge in [0.1, 0.15) is 0 Å². The molecule has 0 spiro atoms. The Bertz CT molecular complexity index is 937. The van der Waals surface area contributed by atoms with E-state index < -0.39 is 11.7 Å². The number of rotatable bonds is 5. The molecule has 3 nitrogen and oxygen atoms in total. The second kappa shape index (κ2) is 8.00. The number of pyridine rings is 1. The van der Waals surface area contributed by atoms with Crippen molar-refractivity contribution >= 4 is 28.4 Å². The van der Waals surface area contributed by atoms with Crippen molar-refractivity contribution in [2.75, 3.05) is 12.8 Å². The fraction of sp³-hybridized carbons (Fsp3) is 0.200. The van der Waals surface area contributed by atoms with E-state index in [1.165, 1.54) is 6.07 Å². The number of amides is 1. The number of nitrogens with zero attached hydrogens (tertiary/aromatic N) is 2. The van der Waals surface area contributed by atoms with Crippen molar-refractivity contribution < 1.29 is 18.0 Å². The van der Waals surface area contributed by atoms with E-state index in [2.05, 4.69) is 4.98 Å². The number of thioether (sulfide) groups is 1. The van der Waals surface area contributed by atoms with E-state index in [9.17, 15) is 18.0 Å². The summed E-state index contributed by atoms with van der Waals surface area (Å²) in [7, 11) is 1.71. The average molecular weight is 390 g/mol. The summed E-state index contributed by atoms with van der Waals surface area (Å²) in [5.74, 6) is -0.00534. The zero-order valence-electron chi connectivity index (χ0n) is 14.5. The van der Waals surface area contributed by atoms with Crippen LogP contribution in [0, 0.1) is 0 Å².